The second-order valence-electron chi connectivity index (χ2n) is 5.64. The third kappa shape index (κ3) is 5.35. The highest BCUT2D eigenvalue weighted by atomic mass is 19.4. The summed E-state index contributed by atoms with van der Waals surface area (Å²) >= 11 is 0. The summed E-state index contributed by atoms with van der Waals surface area (Å²) in [4.78, 5) is 16.0. The van der Waals surface area contributed by atoms with E-state index in [1.807, 2.05) is 7.05 Å². The fraction of sp³-hybridized carbons (Fsp3) is 0.500. The van der Waals surface area contributed by atoms with Gasteiger partial charge < -0.3 is 14.5 Å². The van der Waals surface area contributed by atoms with Crippen molar-refractivity contribution in [1.82, 2.24) is 9.80 Å². The number of esters is 1. The Morgan fingerprint density at radius 3 is 2.56 bits per heavy atom. The third-order valence-corrected chi connectivity index (χ3v) is 3.74. The lowest BCUT2D eigenvalue weighted by Crippen LogP contribution is -2.50. The number of halogens is 3. The number of nitrogens with one attached hydrogen (secondary N) is 1. The number of benzene rings is 1. The van der Waals surface area contributed by atoms with Crippen molar-refractivity contribution in [3.63, 3.8) is 0 Å². The number of nitrogens with zero attached hydrogens (tertiary/aromatic N) is 3. The Morgan fingerprint density at radius 2 is 1.96 bits per heavy atom. The Kier molecular flexibility index (Phi) is 6.24. The van der Waals surface area contributed by atoms with Crippen molar-refractivity contribution in [2.45, 2.75) is 13.1 Å². The van der Waals surface area contributed by atoms with Gasteiger partial charge in [-0.05, 0) is 32.2 Å². The highest BCUT2D eigenvalue weighted by Crippen LogP contribution is 2.30. The van der Waals surface area contributed by atoms with Gasteiger partial charge >= 0.3 is 12.1 Å². The van der Waals surface area contributed by atoms with Gasteiger partial charge in [-0.15, -0.1) is 5.10 Å². The van der Waals surface area contributed by atoms with Gasteiger partial charge in [-0.25, -0.2) is 4.79 Å². The largest absolute Gasteiger partial charge is 0.460 e. The number of hydrogen-bond acceptors (Lipinski definition) is 5. The van der Waals surface area contributed by atoms with E-state index in [4.69, 9.17) is 4.74 Å². The zero-order valence-corrected chi connectivity index (χ0v) is 14.1. The number of ether oxygens (including phenoxy) is 1. The molecule has 1 N–H and O–H groups in total. The number of hydrogen-bond donors (Lipinski definition) is 1. The molecule has 0 aromatic heterocycles. The average Bonchev–Trinajstić information content (AvgIpc) is 2.56. The fourth-order valence-corrected chi connectivity index (χ4v) is 2.34. The molecule has 1 aliphatic heterocycles. The smallest absolute Gasteiger partial charge is 0.416 e. The van der Waals surface area contributed by atoms with Crippen LogP contribution in [0.5, 0.6) is 0 Å². The Labute approximate surface area is 144 Å². The molecule has 6 nitrogen and oxygen atoms in total. The van der Waals surface area contributed by atoms with Crippen molar-refractivity contribution >= 4 is 17.5 Å². The number of piperazine rings is 1. The molecule has 25 heavy (non-hydrogen) atoms. The molecule has 0 amide bonds. The van der Waals surface area contributed by atoms with E-state index in [0.717, 1.165) is 25.2 Å². The number of rotatable bonds is 3. The van der Waals surface area contributed by atoms with Crippen molar-refractivity contribution in [1.29, 1.82) is 0 Å². The van der Waals surface area contributed by atoms with Crippen LogP contribution < -0.4 is 5.43 Å². The first-order valence-electron chi connectivity index (χ1n) is 7.93. The zero-order valence-electron chi connectivity index (χ0n) is 14.1. The first-order valence-corrected chi connectivity index (χ1v) is 7.93. The van der Waals surface area contributed by atoms with Crippen LogP contribution in [-0.2, 0) is 15.7 Å². The van der Waals surface area contributed by atoms with Gasteiger partial charge in [0.15, 0.2) is 0 Å². The molecule has 1 heterocycles. The Balaban J connectivity index is 2.18. The maximum atomic E-state index is 12.8. The molecular formula is C16H21F3N4O2. The third-order valence-electron chi connectivity index (χ3n) is 3.74. The molecule has 0 saturated carbocycles. The maximum absolute atomic E-state index is 12.8. The predicted molar refractivity (Wildman–Crippen MR) is 88.2 cm³/mol. The van der Waals surface area contributed by atoms with Gasteiger partial charge in [0.1, 0.15) is 0 Å². The lowest BCUT2D eigenvalue weighted by molar-refractivity contribution is -0.138. The molecule has 138 valence electrons. The Hall–Kier alpha value is -2.29. The van der Waals surface area contributed by atoms with Crippen molar-refractivity contribution in [3.8, 4) is 0 Å². The van der Waals surface area contributed by atoms with Crippen molar-refractivity contribution in [3.05, 3.63) is 29.8 Å². The van der Waals surface area contributed by atoms with E-state index in [-0.39, 0.29) is 18.1 Å². The summed E-state index contributed by atoms with van der Waals surface area (Å²) in [7, 11) is 1.97. The normalized spacial score (nSPS) is 16.7. The van der Waals surface area contributed by atoms with Crippen LogP contribution in [0.15, 0.2) is 29.4 Å². The van der Waals surface area contributed by atoms with Gasteiger partial charge in [0.25, 0.3) is 0 Å². The zero-order chi connectivity index (χ0) is 18.4. The summed E-state index contributed by atoms with van der Waals surface area (Å²) in [6.45, 7) is 4.54. The van der Waals surface area contributed by atoms with Crippen LogP contribution in [0.3, 0.4) is 0 Å². The quantitative estimate of drug-likeness (QED) is 0.389. The van der Waals surface area contributed by atoms with E-state index in [1.165, 1.54) is 12.1 Å². The van der Waals surface area contributed by atoms with Crippen LogP contribution in [0.25, 0.3) is 0 Å². The van der Waals surface area contributed by atoms with Crippen molar-refractivity contribution in [2.75, 3.05) is 45.3 Å². The van der Waals surface area contributed by atoms with E-state index in [2.05, 4.69) is 15.4 Å². The molecule has 9 heteroatoms. The second kappa shape index (κ2) is 8.19. The van der Waals surface area contributed by atoms with E-state index in [1.54, 1.807) is 11.8 Å². The maximum Gasteiger partial charge on any atom is 0.416 e. The molecule has 1 aliphatic rings. The second-order valence-corrected chi connectivity index (χ2v) is 5.64. The number of carbonyl (C=O) groups excluding carboxylic acids is 1. The predicted octanol–water partition coefficient (Wildman–Crippen LogP) is 2.24. The van der Waals surface area contributed by atoms with E-state index < -0.39 is 17.7 Å². The minimum atomic E-state index is -4.44. The van der Waals surface area contributed by atoms with Gasteiger partial charge in [0.2, 0.25) is 5.84 Å². The summed E-state index contributed by atoms with van der Waals surface area (Å²) in [6, 6.07) is 4.64. The SMILES string of the molecule is CCOC(=O)C(=NNc1cccc(C(F)(F)F)c1)N1CCN(C)CC1. The lowest BCUT2D eigenvalue weighted by Gasteiger charge is -2.33. The van der Waals surface area contributed by atoms with Crippen LogP contribution in [0.2, 0.25) is 0 Å². The summed E-state index contributed by atoms with van der Waals surface area (Å²) in [5.74, 6) is -0.543. The van der Waals surface area contributed by atoms with Crippen LogP contribution in [0.1, 0.15) is 12.5 Å². The van der Waals surface area contributed by atoms with Crippen molar-refractivity contribution < 1.29 is 22.7 Å². The minimum absolute atomic E-state index is 0.0624. The molecular weight excluding hydrogens is 337 g/mol. The molecule has 1 aromatic carbocycles. The summed E-state index contributed by atoms with van der Waals surface area (Å²) < 4.78 is 43.3. The van der Waals surface area contributed by atoms with E-state index >= 15 is 0 Å². The van der Waals surface area contributed by atoms with E-state index in [0.29, 0.717) is 13.1 Å². The average molecular weight is 358 g/mol. The van der Waals surface area contributed by atoms with Crippen molar-refractivity contribution in [2.24, 2.45) is 5.10 Å². The Morgan fingerprint density at radius 1 is 1.28 bits per heavy atom. The molecule has 0 radical (unpaired) electrons. The number of anilines is 1. The number of hydrazone groups is 1. The monoisotopic (exact) mass is 358 g/mol. The molecule has 0 bridgehead atoms. The number of carbonyl (C=O) groups is 1. The Bertz CT molecular complexity index is 626. The highest BCUT2D eigenvalue weighted by Gasteiger charge is 2.30. The van der Waals surface area contributed by atoms with E-state index in [9.17, 15) is 18.0 Å². The van der Waals surface area contributed by atoms with Crippen LogP contribution in [0, 0.1) is 0 Å². The summed E-state index contributed by atoms with van der Waals surface area (Å²) in [5.41, 5.74) is 1.89. The summed E-state index contributed by atoms with van der Waals surface area (Å²) in [6.07, 6.45) is -4.44. The minimum Gasteiger partial charge on any atom is -0.460 e. The summed E-state index contributed by atoms with van der Waals surface area (Å²) in [5, 5.41) is 4.02. The van der Waals surface area contributed by atoms with Crippen LogP contribution >= 0.6 is 0 Å². The standard InChI is InChI=1S/C16H21F3N4O2/c1-3-25-15(24)14(23-9-7-22(2)8-10-23)21-20-13-6-4-5-12(11-13)16(17,18)19/h4-6,11,20H,3,7-10H2,1-2H3. The topological polar surface area (TPSA) is 57.2 Å². The lowest BCUT2D eigenvalue weighted by atomic mass is 10.2. The first kappa shape index (κ1) is 19.0. The first-order chi connectivity index (χ1) is 11.8. The number of alkyl halides is 3. The fourth-order valence-electron chi connectivity index (χ4n) is 2.34. The molecule has 2 rings (SSSR count). The van der Waals surface area contributed by atoms with Gasteiger partial charge in [-0.2, -0.15) is 13.2 Å². The van der Waals surface area contributed by atoms with Gasteiger partial charge in [-0.3, -0.25) is 5.43 Å². The molecule has 0 atom stereocenters. The highest BCUT2D eigenvalue weighted by molar-refractivity contribution is 6.35. The molecule has 1 saturated heterocycles. The van der Waals surface area contributed by atoms with Gasteiger partial charge in [0, 0.05) is 26.2 Å². The molecule has 0 unspecified atom stereocenters. The van der Waals surface area contributed by atoms with Gasteiger partial charge in [-0.1, -0.05) is 6.07 Å². The number of likely N-dealkylation sites (N-methyl/N-ethyl adjacent to an activating group) is 1. The molecule has 0 spiro atoms. The van der Waals surface area contributed by atoms with Crippen LogP contribution in [0.4, 0.5) is 18.9 Å². The number of amidine groups is 1. The van der Waals surface area contributed by atoms with Gasteiger partial charge in [0.05, 0.1) is 17.9 Å². The molecule has 1 fully saturated rings. The molecule has 1 aromatic rings. The molecule has 0 aliphatic carbocycles. The van der Waals surface area contributed by atoms with Crippen LogP contribution in [-0.4, -0.2) is 61.4 Å².